The third kappa shape index (κ3) is 7.46. The van der Waals surface area contributed by atoms with E-state index in [4.69, 9.17) is 19.8 Å². The second-order valence-electron chi connectivity index (χ2n) is 6.90. The van der Waals surface area contributed by atoms with Gasteiger partial charge in [0.05, 0.1) is 17.3 Å². The summed E-state index contributed by atoms with van der Waals surface area (Å²) >= 11 is 0. The first-order chi connectivity index (χ1) is 14.5. The molecule has 3 heterocycles. The van der Waals surface area contributed by atoms with Crippen molar-refractivity contribution < 1.29 is 54.9 Å². The lowest BCUT2D eigenvalue weighted by molar-refractivity contribution is -0.193. The summed E-state index contributed by atoms with van der Waals surface area (Å²) in [6.45, 7) is 1.93. The van der Waals surface area contributed by atoms with E-state index in [0.29, 0.717) is 32.6 Å². The number of hydrogen-bond donors (Lipinski definition) is 3. The number of nitrogens with zero attached hydrogens (tertiary/aromatic N) is 2. The van der Waals surface area contributed by atoms with Crippen LogP contribution in [0.5, 0.6) is 0 Å². The van der Waals surface area contributed by atoms with Gasteiger partial charge >= 0.3 is 24.3 Å². The summed E-state index contributed by atoms with van der Waals surface area (Å²) in [5, 5.41) is 17.4. The van der Waals surface area contributed by atoms with Gasteiger partial charge in [0, 0.05) is 38.8 Å². The van der Waals surface area contributed by atoms with Crippen LogP contribution in [0.2, 0.25) is 0 Å². The van der Waals surface area contributed by atoms with Gasteiger partial charge < -0.3 is 20.4 Å². The molecule has 2 aliphatic rings. The molecule has 1 atom stereocenters. The van der Waals surface area contributed by atoms with Crippen molar-refractivity contribution in [2.24, 2.45) is 5.41 Å². The fraction of sp³-hybridized carbons (Fsp3) is 0.588. The summed E-state index contributed by atoms with van der Waals surface area (Å²) in [6.07, 6.45) is -6.23. The zero-order valence-electron chi connectivity index (χ0n) is 16.2. The SMILES string of the molecule is FC1(F)CCNCC12CCN(c1cccnc1)C2.O=C(O)C(F)(F)F.O=C(O)C(F)(F)F. The Bertz CT molecular complexity index is 749. The van der Waals surface area contributed by atoms with Gasteiger partial charge in [0.25, 0.3) is 5.92 Å². The van der Waals surface area contributed by atoms with E-state index in [2.05, 4.69) is 10.3 Å². The van der Waals surface area contributed by atoms with Crippen LogP contribution in [0.3, 0.4) is 0 Å². The quantitative estimate of drug-likeness (QED) is 0.530. The summed E-state index contributed by atoms with van der Waals surface area (Å²) in [7, 11) is 0. The fourth-order valence-corrected chi connectivity index (χ4v) is 3.04. The van der Waals surface area contributed by atoms with Gasteiger partial charge in [-0.1, -0.05) is 0 Å². The number of rotatable bonds is 1. The first-order valence-corrected chi connectivity index (χ1v) is 8.86. The van der Waals surface area contributed by atoms with Gasteiger partial charge in [0.2, 0.25) is 0 Å². The molecule has 3 N–H and O–H groups in total. The van der Waals surface area contributed by atoms with Gasteiger partial charge in [-0.3, -0.25) is 4.98 Å². The van der Waals surface area contributed by atoms with E-state index in [1.54, 1.807) is 12.4 Å². The molecule has 1 spiro atoms. The Kier molecular flexibility index (Phi) is 8.77. The lowest BCUT2D eigenvalue weighted by atomic mass is 9.76. The van der Waals surface area contributed by atoms with E-state index in [0.717, 1.165) is 5.69 Å². The molecule has 2 saturated heterocycles. The minimum atomic E-state index is -5.08. The van der Waals surface area contributed by atoms with E-state index >= 15 is 0 Å². The van der Waals surface area contributed by atoms with E-state index in [1.165, 1.54) is 0 Å². The average Bonchev–Trinajstić information content (AvgIpc) is 3.10. The van der Waals surface area contributed by atoms with Crippen molar-refractivity contribution in [3.05, 3.63) is 24.5 Å². The van der Waals surface area contributed by atoms with Crippen molar-refractivity contribution in [3.63, 3.8) is 0 Å². The normalized spacial score (nSPS) is 22.3. The largest absolute Gasteiger partial charge is 0.490 e. The number of aromatic nitrogens is 1. The smallest absolute Gasteiger partial charge is 0.475 e. The van der Waals surface area contributed by atoms with Crippen LogP contribution in [0.1, 0.15) is 12.8 Å². The van der Waals surface area contributed by atoms with E-state index in [1.807, 2.05) is 17.0 Å². The molecule has 15 heteroatoms. The van der Waals surface area contributed by atoms with Crippen molar-refractivity contribution >= 4 is 17.6 Å². The van der Waals surface area contributed by atoms with Crippen LogP contribution in [0.15, 0.2) is 24.5 Å². The first kappa shape index (κ1) is 27.3. The summed E-state index contributed by atoms with van der Waals surface area (Å²) in [4.78, 5) is 23.9. The number of anilines is 1. The van der Waals surface area contributed by atoms with Gasteiger partial charge in [0.15, 0.2) is 0 Å². The molecule has 32 heavy (non-hydrogen) atoms. The maximum Gasteiger partial charge on any atom is 0.490 e. The highest BCUT2D eigenvalue weighted by Crippen LogP contribution is 2.48. The Labute approximate surface area is 176 Å². The molecular weight excluding hydrogens is 462 g/mol. The molecule has 3 rings (SSSR count). The van der Waals surface area contributed by atoms with Gasteiger partial charge in [-0.05, 0) is 18.6 Å². The number of alkyl halides is 8. The molecule has 7 nitrogen and oxygen atoms in total. The van der Waals surface area contributed by atoms with Crippen LogP contribution in [-0.2, 0) is 9.59 Å². The average molecular weight is 481 g/mol. The van der Waals surface area contributed by atoms with Crippen molar-refractivity contribution in [3.8, 4) is 0 Å². The maximum absolute atomic E-state index is 14.2. The molecule has 2 aliphatic heterocycles. The van der Waals surface area contributed by atoms with Crippen LogP contribution in [0.4, 0.5) is 40.8 Å². The topological polar surface area (TPSA) is 103 Å². The van der Waals surface area contributed by atoms with Crippen LogP contribution in [-0.4, -0.2) is 71.6 Å². The summed E-state index contributed by atoms with van der Waals surface area (Å²) in [5.41, 5.74) is 0.0388. The van der Waals surface area contributed by atoms with Crippen molar-refractivity contribution in [1.82, 2.24) is 10.3 Å². The van der Waals surface area contributed by atoms with Crippen LogP contribution < -0.4 is 10.2 Å². The number of carboxylic acid groups (broad SMARTS) is 2. The second-order valence-corrected chi connectivity index (χ2v) is 6.90. The Balaban J connectivity index is 0.000000305. The van der Waals surface area contributed by atoms with Crippen LogP contribution >= 0.6 is 0 Å². The molecule has 0 aliphatic carbocycles. The molecule has 0 saturated carbocycles. The highest BCUT2D eigenvalue weighted by Gasteiger charge is 2.57. The molecule has 0 radical (unpaired) electrons. The minimum Gasteiger partial charge on any atom is -0.475 e. The number of carboxylic acids is 2. The number of piperidine rings is 1. The molecule has 1 aromatic rings. The predicted molar refractivity (Wildman–Crippen MR) is 93.3 cm³/mol. The Hall–Kier alpha value is -2.71. The van der Waals surface area contributed by atoms with Gasteiger partial charge in [0.1, 0.15) is 0 Å². The summed E-state index contributed by atoms with van der Waals surface area (Å²) in [6, 6.07) is 3.78. The third-order valence-electron chi connectivity index (χ3n) is 4.70. The van der Waals surface area contributed by atoms with Gasteiger partial charge in [-0.2, -0.15) is 26.3 Å². The number of carbonyl (C=O) groups is 2. The molecule has 2 fully saturated rings. The monoisotopic (exact) mass is 481 g/mol. The van der Waals surface area contributed by atoms with Crippen molar-refractivity contribution in [2.75, 3.05) is 31.1 Å². The van der Waals surface area contributed by atoms with Crippen molar-refractivity contribution in [1.29, 1.82) is 0 Å². The van der Waals surface area contributed by atoms with Gasteiger partial charge in [-0.25, -0.2) is 18.4 Å². The van der Waals surface area contributed by atoms with Crippen LogP contribution in [0, 0.1) is 5.41 Å². The molecule has 0 bridgehead atoms. The number of halogens is 8. The third-order valence-corrected chi connectivity index (χ3v) is 4.70. The molecular formula is C17H19F8N3O4. The highest BCUT2D eigenvalue weighted by molar-refractivity contribution is 5.73. The highest BCUT2D eigenvalue weighted by atomic mass is 19.4. The zero-order valence-corrected chi connectivity index (χ0v) is 16.2. The molecule has 1 aromatic heterocycles. The standard InChI is InChI=1S/C13H17F2N3.2C2HF3O2/c14-13(15)3-6-17-9-12(13)4-7-18(10-12)11-2-1-5-16-8-11;2*3-2(4,5)1(6)7/h1-2,5,8,17H,3-4,6-7,9-10H2;2*(H,6,7). The minimum absolute atomic E-state index is 0.0477. The van der Waals surface area contributed by atoms with E-state index < -0.39 is 35.6 Å². The molecule has 182 valence electrons. The van der Waals surface area contributed by atoms with Crippen LogP contribution in [0.25, 0.3) is 0 Å². The lowest BCUT2D eigenvalue weighted by Crippen LogP contribution is -2.55. The van der Waals surface area contributed by atoms with E-state index in [9.17, 15) is 35.1 Å². The number of aliphatic carboxylic acids is 2. The Morgan fingerprint density at radius 1 is 1.03 bits per heavy atom. The summed E-state index contributed by atoms with van der Waals surface area (Å²) < 4.78 is 91.8. The van der Waals surface area contributed by atoms with E-state index in [-0.39, 0.29) is 6.42 Å². The molecule has 1 unspecified atom stereocenters. The molecule has 0 aromatic carbocycles. The maximum atomic E-state index is 14.2. The van der Waals surface area contributed by atoms with Crippen molar-refractivity contribution in [2.45, 2.75) is 31.1 Å². The first-order valence-electron chi connectivity index (χ1n) is 8.86. The molecule has 0 amide bonds. The fourth-order valence-electron chi connectivity index (χ4n) is 3.04. The Morgan fingerprint density at radius 2 is 1.56 bits per heavy atom. The Morgan fingerprint density at radius 3 is 1.97 bits per heavy atom. The predicted octanol–water partition coefficient (Wildman–Crippen LogP) is 3.17. The summed E-state index contributed by atoms with van der Waals surface area (Å²) in [5.74, 6) is -8.07. The second kappa shape index (κ2) is 10.3. The number of pyridine rings is 1. The number of nitrogens with one attached hydrogen (secondary N) is 1. The lowest BCUT2D eigenvalue weighted by Gasteiger charge is -2.41. The van der Waals surface area contributed by atoms with Gasteiger partial charge in [-0.15, -0.1) is 0 Å². The zero-order chi connectivity index (χ0) is 24.8. The number of hydrogen-bond acceptors (Lipinski definition) is 5.